The maximum Gasteiger partial charge on any atom is 0.289 e. The van der Waals surface area contributed by atoms with E-state index < -0.39 is 5.97 Å². The highest BCUT2D eigenvalue weighted by molar-refractivity contribution is 4.91. The Labute approximate surface area is 138 Å². The molecule has 3 heteroatoms. The van der Waals surface area contributed by atoms with Crippen molar-refractivity contribution in [1.29, 1.82) is 0 Å². The highest BCUT2D eigenvalue weighted by Crippen LogP contribution is 2.31. The first-order chi connectivity index (χ1) is 10.7. The minimum Gasteiger partial charge on any atom is -0.327 e. The molecule has 0 aromatic carbocycles. The molecule has 0 amide bonds. The molecule has 0 radical (unpaired) electrons. The van der Waals surface area contributed by atoms with Crippen LogP contribution >= 0.6 is 0 Å². The number of ether oxygens (including phenoxy) is 3. The van der Waals surface area contributed by atoms with Crippen molar-refractivity contribution in [3.8, 4) is 0 Å². The van der Waals surface area contributed by atoms with Crippen molar-refractivity contribution >= 4 is 0 Å². The van der Waals surface area contributed by atoms with E-state index in [1.165, 1.54) is 38.5 Å². The minimum absolute atomic E-state index is 0.142. The lowest BCUT2D eigenvalue weighted by Gasteiger charge is -2.37. The third-order valence-electron chi connectivity index (χ3n) is 3.78. The quantitative estimate of drug-likeness (QED) is 0.221. The van der Waals surface area contributed by atoms with E-state index in [0.29, 0.717) is 19.8 Å². The molecule has 132 valence electrons. The Bertz CT molecular complexity index is 246. The molecule has 0 heterocycles. The summed E-state index contributed by atoms with van der Waals surface area (Å²) in [5.74, 6) is -0.780. The van der Waals surface area contributed by atoms with Crippen molar-refractivity contribution in [1.82, 2.24) is 0 Å². The van der Waals surface area contributed by atoms with Gasteiger partial charge in [0.05, 0.1) is 5.92 Å². The maximum absolute atomic E-state index is 5.93. The largest absolute Gasteiger partial charge is 0.327 e. The van der Waals surface area contributed by atoms with Crippen LogP contribution < -0.4 is 0 Å². The molecule has 0 aromatic rings. The van der Waals surface area contributed by atoms with Crippen molar-refractivity contribution in [2.45, 2.75) is 85.5 Å². The number of hydrogen-bond donors (Lipinski definition) is 0. The van der Waals surface area contributed by atoms with Gasteiger partial charge in [-0.15, -0.1) is 0 Å². The summed E-state index contributed by atoms with van der Waals surface area (Å²) in [6.07, 6.45) is 13.1. The molecular weight excluding hydrogens is 276 g/mol. The number of rotatable bonds is 15. The zero-order valence-electron chi connectivity index (χ0n) is 15.5. The monoisotopic (exact) mass is 314 g/mol. The molecule has 22 heavy (non-hydrogen) atoms. The lowest BCUT2D eigenvalue weighted by Crippen LogP contribution is -2.46. The smallest absolute Gasteiger partial charge is 0.289 e. The van der Waals surface area contributed by atoms with Crippen LogP contribution in [0, 0.1) is 5.92 Å². The van der Waals surface area contributed by atoms with Gasteiger partial charge in [0, 0.05) is 19.8 Å². The minimum atomic E-state index is -0.922. The van der Waals surface area contributed by atoms with Crippen LogP contribution in [-0.4, -0.2) is 25.8 Å². The summed E-state index contributed by atoms with van der Waals surface area (Å²) in [5.41, 5.74) is 0. The van der Waals surface area contributed by atoms with Gasteiger partial charge in [0.1, 0.15) is 0 Å². The third-order valence-corrected chi connectivity index (χ3v) is 3.78. The Hall–Kier alpha value is -0.380. The standard InChI is InChI=1S/C19H38O3/c1-6-11-12-13-14-15-17-18(16-7-2)19(20-8-3,21-9-4)22-10-5/h7,16,18H,6,8-15,17H2,1-5H3. The summed E-state index contributed by atoms with van der Waals surface area (Å²) in [6, 6.07) is 0. The lowest BCUT2D eigenvalue weighted by molar-refractivity contribution is -0.395. The Morgan fingerprint density at radius 2 is 1.27 bits per heavy atom. The summed E-state index contributed by atoms with van der Waals surface area (Å²) in [6.45, 7) is 12.0. The molecule has 1 atom stereocenters. The molecule has 0 aliphatic heterocycles. The first kappa shape index (κ1) is 21.6. The summed E-state index contributed by atoms with van der Waals surface area (Å²) >= 11 is 0. The highest BCUT2D eigenvalue weighted by atomic mass is 16.9. The van der Waals surface area contributed by atoms with Crippen LogP contribution in [0.2, 0.25) is 0 Å². The Balaban J connectivity index is 4.66. The lowest BCUT2D eigenvalue weighted by atomic mass is 9.97. The fourth-order valence-electron chi connectivity index (χ4n) is 2.82. The second-order valence-electron chi connectivity index (χ2n) is 5.59. The van der Waals surface area contributed by atoms with E-state index in [1.54, 1.807) is 0 Å². The Morgan fingerprint density at radius 3 is 1.73 bits per heavy atom. The number of hydrogen-bond acceptors (Lipinski definition) is 3. The molecule has 0 bridgehead atoms. The van der Waals surface area contributed by atoms with Crippen molar-refractivity contribution in [3.05, 3.63) is 12.2 Å². The molecule has 1 unspecified atom stereocenters. The van der Waals surface area contributed by atoms with Crippen molar-refractivity contribution in [3.63, 3.8) is 0 Å². The van der Waals surface area contributed by atoms with Gasteiger partial charge >= 0.3 is 0 Å². The van der Waals surface area contributed by atoms with Crippen molar-refractivity contribution in [2.75, 3.05) is 19.8 Å². The van der Waals surface area contributed by atoms with Gasteiger partial charge in [-0.3, -0.25) is 0 Å². The van der Waals surface area contributed by atoms with E-state index in [9.17, 15) is 0 Å². The molecule has 0 aliphatic rings. The SMILES string of the molecule is CC=CC(CCCCCCCC)C(OCC)(OCC)OCC. The molecule has 0 fully saturated rings. The summed E-state index contributed by atoms with van der Waals surface area (Å²) < 4.78 is 17.8. The Morgan fingerprint density at radius 1 is 0.773 bits per heavy atom. The summed E-state index contributed by atoms with van der Waals surface area (Å²) in [4.78, 5) is 0. The van der Waals surface area contributed by atoms with Crippen LogP contribution in [0.3, 0.4) is 0 Å². The molecular formula is C19H38O3. The van der Waals surface area contributed by atoms with Gasteiger partial charge in [0.25, 0.3) is 5.97 Å². The molecule has 0 saturated carbocycles. The number of unbranched alkanes of at least 4 members (excludes halogenated alkanes) is 5. The molecule has 0 aromatic heterocycles. The fraction of sp³-hybridized carbons (Fsp3) is 0.895. The average Bonchev–Trinajstić information content (AvgIpc) is 2.50. The summed E-state index contributed by atoms with van der Waals surface area (Å²) in [7, 11) is 0. The van der Waals surface area contributed by atoms with E-state index >= 15 is 0 Å². The van der Waals surface area contributed by atoms with Gasteiger partial charge in [-0.05, 0) is 34.1 Å². The van der Waals surface area contributed by atoms with Gasteiger partial charge in [-0.1, -0.05) is 57.6 Å². The molecule has 0 rings (SSSR count). The van der Waals surface area contributed by atoms with E-state index in [1.807, 2.05) is 27.7 Å². The predicted molar refractivity (Wildman–Crippen MR) is 93.9 cm³/mol. The summed E-state index contributed by atoms with van der Waals surface area (Å²) in [5, 5.41) is 0. The van der Waals surface area contributed by atoms with Gasteiger partial charge in [-0.2, -0.15) is 0 Å². The van der Waals surface area contributed by atoms with Gasteiger partial charge in [0.15, 0.2) is 0 Å². The molecule has 0 N–H and O–H groups in total. The van der Waals surface area contributed by atoms with E-state index in [2.05, 4.69) is 19.1 Å². The first-order valence-electron chi connectivity index (χ1n) is 9.25. The molecule has 0 saturated heterocycles. The van der Waals surface area contributed by atoms with E-state index in [4.69, 9.17) is 14.2 Å². The molecule has 0 spiro atoms. The molecule has 0 aliphatic carbocycles. The maximum atomic E-state index is 5.93. The van der Waals surface area contributed by atoms with E-state index in [-0.39, 0.29) is 5.92 Å². The van der Waals surface area contributed by atoms with Gasteiger partial charge in [0.2, 0.25) is 0 Å². The third kappa shape index (κ3) is 8.30. The Kier molecular flexibility index (Phi) is 14.0. The van der Waals surface area contributed by atoms with Crippen LogP contribution in [0.15, 0.2) is 12.2 Å². The first-order valence-corrected chi connectivity index (χ1v) is 9.25. The van der Waals surface area contributed by atoms with Crippen molar-refractivity contribution < 1.29 is 14.2 Å². The normalized spacial score (nSPS) is 13.9. The highest BCUT2D eigenvalue weighted by Gasteiger charge is 2.40. The topological polar surface area (TPSA) is 27.7 Å². The van der Waals surface area contributed by atoms with Crippen LogP contribution in [0.4, 0.5) is 0 Å². The predicted octanol–water partition coefficient (Wildman–Crippen LogP) is 5.69. The van der Waals surface area contributed by atoms with Gasteiger partial charge in [-0.25, -0.2) is 0 Å². The van der Waals surface area contributed by atoms with E-state index in [0.717, 1.165) is 6.42 Å². The van der Waals surface area contributed by atoms with Gasteiger partial charge < -0.3 is 14.2 Å². The van der Waals surface area contributed by atoms with Crippen LogP contribution in [-0.2, 0) is 14.2 Å². The van der Waals surface area contributed by atoms with Crippen molar-refractivity contribution in [2.24, 2.45) is 5.92 Å². The van der Waals surface area contributed by atoms with Crippen LogP contribution in [0.1, 0.15) is 79.6 Å². The average molecular weight is 315 g/mol. The number of allylic oxidation sites excluding steroid dienone is 1. The second kappa shape index (κ2) is 14.2. The zero-order valence-corrected chi connectivity index (χ0v) is 15.5. The fourth-order valence-corrected chi connectivity index (χ4v) is 2.82. The molecule has 3 nitrogen and oxygen atoms in total. The second-order valence-corrected chi connectivity index (χ2v) is 5.59. The zero-order chi connectivity index (χ0) is 16.7. The van der Waals surface area contributed by atoms with Crippen LogP contribution in [0.25, 0.3) is 0 Å². The van der Waals surface area contributed by atoms with Crippen LogP contribution in [0.5, 0.6) is 0 Å².